The Morgan fingerprint density at radius 1 is 0.953 bits per heavy atom. The van der Waals surface area contributed by atoms with E-state index in [-0.39, 0.29) is 45.2 Å². The van der Waals surface area contributed by atoms with Gasteiger partial charge in [-0.05, 0) is 125 Å². The number of fused-ring (bicyclic) bond motifs is 7. The number of nitrogens with zero attached hydrogens (tertiary/aromatic N) is 1. The lowest BCUT2D eigenvalue weighted by molar-refractivity contribution is -0.193. The van der Waals surface area contributed by atoms with Gasteiger partial charge in [-0.2, -0.15) is 4.99 Å². The Hall–Kier alpha value is -2.78. The van der Waals surface area contributed by atoms with E-state index < -0.39 is 5.54 Å². The predicted molar refractivity (Wildman–Crippen MR) is 169 cm³/mol. The largest absolute Gasteiger partial charge is 0.465 e. The third-order valence-corrected chi connectivity index (χ3v) is 13.8. The maximum absolute atomic E-state index is 13.5. The number of isocyanates is 1. The highest BCUT2D eigenvalue weighted by atomic mass is 16.5. The summed E-state index contributed by atoms with van der Waals surface area (Å²) in [4.78, 5) is 41.7. The van der Waals surface area contributed by atoms with E-state index in [0.29, 0.717) is 23.8 Å². The second-order valence-electron chi connectivity index (χ2n) is 16.0. The van der Waals surface area contributed by atoms with Crippen LogP contribution in [0.4, 0.5) is 0 Å². The van der Waals surface area contributed by atoms with Crippen LogP contribution in [0.1, 0.15) is 116 Å². The fourth-order valence-electron chi connectivity index (χ4n) is 11.8. The summed E-state index contributed by atoms with van der Waals surface area (Å²) in [6, 6.07) is 7.94. The molecule has 3 fully saturated rings. The molecule has 5 aliphatic carbocycles. The molecule has 0 radical (unpaired) electrons. The highest BCUT2D eigenvalue weighted by Crippen LogP contribution is 2.76. The van der Waals surface area contributed by atoms with Gasteiger partial charge in [0, 0.05) is 6.42 Å². The van der Waals surface area contributed by atoms with Crippen LogP contribution in [0.15, 0.2) is 46.5 Å². The van der Waals surface area contributed by atoms with Crippen molar-refractivity contribution in [1.82, 2.24) is 0 Å². The van der Waals surface area contributed by atoms with Crippen LogP contribution in [-0.2, 0) is 14.3 Å². The van der Waals surface area contributed by atoms with Crippen molar-refractivity contribution in [3.05, 3.63) is 52.6 Å². The average Bonchev–Trinajstić information content (AvgIpc) is 3.25. The Kier molecular flexibility index (Phi) is 6.94. The first-order valence-electron chi connectivity index (χ1n) is 16.5. The lowest BCUT2D eigenvalue weighted by Gasteiger charge is -2.71. The van der Waals surface area contributed by atoms with Crippen molar-refractivity contribution in [2.45, 2.75) is 105 Å². The van der Waals surface area contributed by atoms with Crippen molar-refractivity contribution in [2.24, 2.45) is 50.3 Å². The van der Waals surface area contributed by atoms with E-state index in [2.05, 4.69) is 71.7 Å². The second-order valence-corrected chi connectivity index (χ2v) is 16.0. The molecule has 3 unspecified atom stereocenters. The molecule has 0 saturated heterocycles. The Balaban J connectivity index is 1.39. The fraction of sp³-hybridized carbons (Fsp3) is 0.658. The van der Waals surface area contributed by atoms with Gasteiger partial charge in [-0.25, -0.2) is 9.59 Å². The second kappa shape index (κ2) is 9.86. The number of aliphatic imine (C=N–C) groups is 1. The Morgan fingerprint density at radius 2 is 1.65 bits per heavy atom. The zero-order valence-electron chi connectivity index (χ0n) is 27.4. The maximum atomic E-state index is 13.5. The van der Waals surface area contributed by atoms with Gasteiger partial charge in [-0.1, -0.05) is 66.7 Å². The number of methoxy groups -OCH3 is 1. The van der Waals surface area contributed by atoms with Gasteiger partial charge in [-0.3, -0.25) is 4.79 Å². The van der Waals surface area contributed by atoms with Crippen molar-refractivity contribution in [3.8, 4) is 0 Å². The maximum Gasteiger partial charge on any atom is 0.337 e. The van der Waals surface area contributed by atoms with Gasteiger partial charge in [0.25, 0.3) is 0 Å². The van der Waals surface area contributed by atoms with E-state index in [1.165, 1.54) is 36.7 Å². The van der Waals surface area contributed by atoms with Gasteiger partial charge in [0.1, 0.15) is 5.54 Å². The summed E-state index contributed by atoms with van der Waals surface area (Å²) in [7, 11) is 1.42. The molecule has 0 spiro atoms. The quantitative estimate of drug-likeness (QED) is 0.202. The molecule has 1 aromatic rings. The van der Waals surface area contributed by atoms with Crippen LogP contribution in [0.25, 0.3) is 5.57 Å². The predicted octanol–water partition coefficient (Wildman–Crippen LogP) is 8.54. The molecule has 7 atom stereocenters. The summed E-state index contributed by atoms with van der Waals surface area (Å²) in [6.07, 6.45) is 12.1. The summed E-state index contributed by atoms with van der Waals surface area (Å²) in [5.74, 6) is 1.42. The third kappa shape index (κ3) is 3.95. The molecule has 5 nitrogen and oxygen atoms in total. The molecule has 0 aromatic heterocycles. The van der Waals surface area contributed by atoms with Crippen molar-refractivity contribution in [1.29, 1.82) is 0 Å². The molecule has 0 N–H and O–H groups in total. The van der Waals surface area contributed by atoms with Gasteiger partial charge in [0.05, 0.1) is 12.7 Å². The number of ketones is 1. The van der Waals surface area contributed by atoms with Crippen LogP contribution in [0.2, 0.25) is 0 Å². The van der Waals surface area contributed by atoms with E-state index in [4.69, 9.17) is 4.74 Å². The topological polar surface area (TPSA) is 72.8 Å². The number of ether oxygens (including phenoxy) is 1. The molecule has 6 rings (SSSR count). The highest BCUT2D eigenvalue weighted by Gasteiger charge is 2.69. The molecule has 0 aliphatic heterocycles. The van der Waals surface area contributed by atoms with Crippen LogP contribution in [0, 0.1) is 45.3 Å². The van der Waals surface area contributed by atoms with Crippen LogP contribution in [0.3, 0.4) is 0 Å². The van der Waals surface area contributed by atoms with E-state index in [1.807, 2.05) is 18.2 Å². The van der Waals surface area contributed by atoms with Crippen molar-refractivity contribution in [2.75, 3.05) is 7.11 Å². The minimum absolute atomic E-state index is 0.00945. The summed E-state index contributed by atoms with van der Waals surface area (Å²) in [5.41, 5.74) is 4.99. The highest BCUT2D eigenvalue weighted by molar-refractivity contribution is 6.01. The molecular formula is C38H49NO4. The molecule has 0 amide bonds. The number of hydrogen-bond acceptors (Lipinski definition) is 5. The van der Waals surface area contributed by atoms with Gasteiger partial charge in [-0.15, -0.1) is 0 Å². The van der Waals surface area contributed by atoms with Crippen molar-refractivity contribution >= 4 is 23.4 Å². The monoisotopic (exact) mass is 583 g/mol. The minimum atomic E-state index is -0.666. The van der Waals surface area contributed by atoms with Crippen LogP contribution in [-0.4, -0.2) is 30.5 Å². The molecule has 5 aliphatic rings. The fourth-order valence-corrected chi connectivity index (χ4v) is 11.8. The first-order valence-corrected chi connectivity index (χ1v) is 16.5. The normalized spacial score (nSPS) is 39.6. The molecular weight excluding hydrogens is 534 g/mol. The molecule has 5 heteroatoms. The number of rotatable bonds is 4. The molecule has 1 aromatic carbocycles. The van der Waals surface area contributed by atoms with Gasteiger partial charge in [0.15, 0.2) is 5.78 Å². The zero-order chi connectivity index (χ0) is 31.2. The summed E-state index contributed by atoms with van der Waals surface area (Å²) in [6.45, 7) is 16.8. The van der Waals surface area contributed by atoms with Crippen molar-refractivity contribution < 1.29 is 19.1 Å². The zero-order valence-corrected chi connectivity index (χ0v) is 27.4. The van der Waals surface area contributed by atoms with E-state index in [0.717, 1.165) is 37.7 Å². The summed E-state index contributed by atoms with van der Waals surface area (Å²) >= 11 is 0. The Morgan fingerprint density at radius 3 is 2.28 bits per heavy atom. The first kappa shape index (κ1) is 30.3. The first-order chi connectivity index (χ1) is 20.2. The number of allylic oxidation sites excluding steroid dienone is 3. The number of benzene rings is 1. The SMILES string of the molecule is COC(=O)c1ccc(C2=CC[C@@]3(C)C(CC[C@]4(C)C3CCC3C5=C(C(C)C)C(=O)C[C@]5(N=C=O)CC[C@]34C)C2(C)C)cc1. The number of Topliss-reactive ketones (excluding diaryl/α,β-unsaturated/α-hetero) is 1. The van der Waals surface area contributed by atoms with Crippen LogP contribution < -0.4 is 0 Å². The van der Waals surface area contributed by atoms with Gasteiger partial charge < -0.3 is 4.74 Å². The average molecular weight is 584 g/mol. The van der Waals surface area contributed by atoms with Crippen molar-refractivity contribution in [3.63, 3.8) is 0 Å². The lowest BCUT2D eigenvalue weighted by Crippen LogP contribution is -2.64. The number of carbonyl (C=O) groups excluding carboxylic acids is 3. The number of hydrogen-bond donors (Lipinski definition) is 0. The molecule has 0 heterocycles. The molecule has 230 valence electrons. The summed E-state index contributed by atoms with van der Waals surface area (Å²) in [5, 5.41) is 0. The van der Waals surface area contributed by atoms with E-state index in [1.54, 1.807) is 0 Å². The Labute approximate surface area is 257 Å². The lowest BCUT2D eigenvalue weighted by atomic mass is 9.33. The molecule has 3 saturated carbocycles. The smallest absolute Gasteiger partial charge is 0.337 e. The van der Waals surface area contributed by atoms with E-state index >= 15 is 0 Å². The summed E-state index contributed by atoms with van der Waals surface area (Å²) < 4.78 is 4.92. The van der Waals surface area contributed by atoms with E-state index in [9.17, 15) is 14.4 Å². The standard InChI is InChI=1S/C38H49NO4/c1-23(2)31-28(41)21-38(39-22-40)20-19-36(6)27(32(31)38)13-14-30-35(5)17-15-26(24-9-11-25(12-10-24)33(42)43-8)34(3,4)29(35)16-18-37(30,36)7/h9-12,15,23,27,29-30H,13-14,16-21H2,1-8H3/t27?,29?,30?,35-,36+,37+,38+/m0/s1. The van der Waals surface area contributed by atoms with Gasteiger partial charge in [0.2, 0.25) is 6.08 Å². The number of carbonyl (C=O) groups is 2. The van der Waals surface area contributed by atoms with Crippen LogP contribution >= 0.6 is 0 Å². The molecule has 0 bridgehead atoms. The number of esters is 1. The van der Waals surface area contributed by atoms with Gasteiger partial charge >= 0.3 is 5.97 Å². The third-order valence-electron chi connectivity index (χ3n) is 13.8. The minimum Gasteiger partial charge on any atom is -0.465 e. The van der Waals surface area contributed by atoms with Crippen LogP contribution in [0.5, 0.6) is 0 Å². The molecule has 43 heavy (non-hydrogen) atoms. The Bertz CT molecular complexity index is 1480.